The quantitative estimate of drug-likeness (QED) is 0.653. The summed E-state index contributed by atoms with van der Waals surface area (Å²) in [5.41, 5.74) is 2.29. The second kappa shape index (κ2) is 6.50. The largest absolute Gasteiger partial charge is 1.00 e. The number of ether oxygens (including phenoxy) is 1. The maximum atomic E-state index is 12.6. The van der Waals surface area contributed by atoms with Gasteiger partial charge in [-0.1, -0.05) is 48.6 Å². The van der Waals surface area contributed by atoms with Crippen LogP contribution in [0, 0.1) is 0 Å². The van der Waals surface area contributed by atoms with Gasteiger partial charge in [0.05, 0.1) is 5.92 Å². The molecule has 0 fully saturated rings. The molecule has 1 unspecified atom stereocenters. The van der Waals surface area contributed by atoms with Gasteiger partial charge in [0.25, 0.3) is 0 Å². The molecule has 3 nitrogen and oxygen atoms in total. The van der Waals surface area contributed by atoms with E-state index in [0.29, 0.717) is 12.3 Å². The van der Waals surface area contributed by atoms with Gasteiger partial charge in [0.1, 0.15) is 0 Å². The van der Waals surface area contributed by atoms with Crippen LogP contribution in [0.5, 0.6) is 0 Å². The first-order valence-corrected chi connectivity index (χ1v) is 7.35. The van der Waals surface area contributed by atoms with Crippen LogP contribution < -0.4 is 24.2 Å². The summed E-state index contributed by atoms with van der Waals surface area (Å²) >= 11 is 0. The Kier molecular flexibility index (Phi) is 4.43. The molecular weight excluding hydrogens is 281 g/mol. The van der Waals surface area contributed by atoms with Crippen LogP contribution in [0.3, 0.4) is 0 Å². The van der Waals surface area contributed by atoms with Crippen LogP contribution in [0.4, 0.5) is 0 Å². The molecule has 1 aliphatic heterocycles. The smallest absolute Gasteiger partial charge is 1.00 e. The maximum absolute atomic E-state index is 12.6. The van der Waals surface area contributed by atoms with Crippen LogP contribution in [0.25, 0.3) is 10.8 Å². The Hall–Kier alpha value is -2.21. The number of hydrogen-bond donors (Lipinski definition) is 1. The number of allylic oxidation sites excluding steroid dienone is 4. The minimum absolute atomic E-state index is 0. The predicted molar refractivity (Wildman–Crippen MR) is 87.1 cm³/mol. The molecule has 1 aliphatic carbocycles. The topological polar surface area (TPSA) is 38.3 Å². The molecule has 1 heterocycles. The molecule has 4 heteroatoms. The Labute approximate surface area is 148 Å². The van der Waals surface area contributed by atoms with E-state index in [4.69, 9.17) is 4.74 Å². The zero-order valence-corrected chi connectivity index (χ0v) is 13.0. The van der Waals surface area contributed by atoms with Gasteiger partial charge in [-0.25, -0.2) is 0 Å². The van der Waals surface area contributed by atoms with E-state index < -0.39 is 0 Å². The van der Waals surface area contributed by atoms with E-state index in [2.05, 4.69) is 23.5 Å². The molecule has 110 valence electrons. The number of benzene rings is 2. The Bertz CT molecular complexity index is 852. The summed E-state index contributed by atoms with van der Waals surface area (Å²) in [7, 11) is 0. The molecule has 0 saturated heterocycles. The van der Waals surface area contributed by atoms with Crippen molar-refractivity contribution in [1.82, 2.24) is 5.32 Å². The van der Waals surface area contributed by atoms with Crippen molar-refractivity contribution in [3.8, 4) is 0 Å². The number of rotatable bonds is 2. The minimum Gasteiger partial charge on any atom is -1.00 e. The molecule has 0 aromatic heterocycles. The standard InChI is InChI=1S/C19H15NO2.Li.H/c21-19(22-17-10-2-1-3-11-20-17)16-12-14-8-4-6-13-7-5-9-15(16)18(13)14;;/h1-11,16,20H,12H2;;/q;+1;-1. The van der Waals surface area contributed by atoms with Crippen LogP contribution in [-0.2, 0) is 16.0 Å². The van der Waals surface area contributed by atoms with E-state index in [1.807, 2.05) is 36.4 Å². The third-order valence-electron chi connectivity index (χ3n) is 4.11. The summed E-state index contributed by atoms with van der Waals surface area (Å²) in [4.78, 5) is 12.6. The van der Waals surface area contributed by atoms with Gasteiger partial charge in [-0.2, -0.15) is 0 Å². The number of carbonyl (C=O) groups excluding carboxylic acids is 1. The van der Waals surface area contributed by atoms with Crippen molar-refractivity contribution < 1.29 is 29.8 Å². The Morgan fingerprint density at radius 1 is 1.13 bits per heavy atom. The van der Waals surface area contributed by atoms with Gasteiger partial charge in [0.2, 0.25) is 5.88 Å². The van der Waals surface area contributed by atoms with E-state index in [-0.39, 0.29) is 32.2 Å². The third-order valence-corrected chi connectivity index (χ3v) is 4.11. The fourth-order valence-electron chi connectivity index (χ4n) is 3.13. The van der Waals surface area contributed by atoms with E-state index >= 15 is 0 Å². The van der Waals surface area contributed by atoms with Crippen molar-refractivity contribution >= 4 is 16.7 Å². The van der Waals surface area contributed by atoms with Gasteiger partial charge in [0.15, 0.2) is 0 Å². The van der Waals surface area contributed by atoms with Crippen molar-refractivity contribution in [1.29, 1.82) is 0 Å². The summed E-state index contributed by atoms with van der Waals surface area (Å²) in [5.74, 6) is 0.00398. The zero-order chi connectivity index (χ0) is 14.9. The first-order chi connectivity index (χ1) is 10.8. The summed E-state index contributed by atoms with van der Waals surface area (Å²) in [5, 5.41) is 5.34. The van der Waals surface area contributed by atoms with Crippen LogP contribution >= 0.6 is 0 Å². The fraction of sp³-hybridized carbons (Fsp3) is 0.105. The van der Waals surface area contributed by atoms with Crippen molar-refractivity contribution in [2.24, 2.45) is 0 Å². The molecule has 0 spiro atoms. The van der Waals surface area contributed by atoms with Crippen LogP contribution in [0.2, 0.25) is 0 Å². The monoisotopic (exact) mass is 297 g/mol. The number of carbonyl (C=O) groups is 1. The molecule has 0 bridgehead atoms. The van der Waals surface area contributed by atoms with Gasteiger partial charge < -0.3 is 11.5 Å². The van der Waals surface area contributed by atoms with Crippen LogP contribution in [0.1, 0.15) is 18.5 Å². The molecule has 0 saturated carbocycles. The average molecular weight is 297 g/mol. The Morgan fingerprint density at radius 3 is 2.83 bits per heavy atom. The second-order valence-electron chi connectivity index (χ2n) is 5.46. The van der Waals surface area contributed by atoms with Crippen molar-refractivity contribution in [3.05, 3.63) is 83.9 Å². The molecule has 0 amide bonds. The van der Waals surface area contributed by atoms with Crippen molar-refractivity contribution in [2.45, 2.75) is 12.3 Å². The van der Waals surface area contributed by atoms with Gasteiger partial charge >= 0.3 is 24.8 Å². The Balaban J connectivity index is 0.00000104. The molecule has 23 heavy (non-hydrogen) atoms. The summed E-state index contributed by atoms with van der Waals surface area (Å²) in [6, 6.07) is 12.3. The van der Waals surface area contributed by atoms with Gasteiger partial charge in [-0.15, -0.1) is 0 Å². The first-order valence-electron chi connectivity index (χ1n) is 7.35. The fourth-order valence-corrected chi connectivity index (χ4v) is 3.13. The number of esters is 1. The molecular formula is C19H16LiNO2. The van der Waals surface area contributed by atoms with E-state index in [0.717, 1.165) is 5.56 Å². The van der Waals surface area contributed by atoms with Gasteiger partial charge in [-0.05, 0) is 40.5 Å². The molecule has 1 N–H and O–H groups in total. The number of hydrogen-bond acceptors (Lipinski definition) is 3. The zero-order valence-electron chi connectivity index (χ0n) is 14.0. The van der Waals surface area contributed by atoms with Crippen molar-refractivity contribution in [3.63, 3.8) is 0 Å². The predicted octanol–water partition coefficient (Wildman–Crippen LogP) is 0.654. The van der Waals surface area contributed by atoms with Crippen LogP contribution in [0.15, 0.2) is 72.8 Å². The second-order valence-corrected chi connectivity index (χ2v) is 5.46. The van der Waals surface area contributed by atoms with Crippen molar-refractivity contribution in [2.75, 3.05) is 0 Å². The molecule has 1 atom stereocenters. The SMILES string of the molecule is O=C(OC1=CC=CC=CN1)C1Cc2cccc3cccc1c23.[H-].[Li+]. The third kappa shape index (κ3) is 2.86. The Morgan fingerprint density at radius 2 is 1.96 bits per heavy atom. The summed E-state index contributed by atoms with van der Waals surface area (Å²) in [6.45, 7) is 0. The summed E-state index contributed by atoms with van der Waals surface area (Å²) < 4.78 is 5.53. The molecule has 2 aromatic carbocycles. The molecule has 2 aromatic rings. The summed E-state index contributed by atoms with van der Waals surface area (Å²) in [6.07, 6.45) is 9.76. The van der Waals surface area contributed by atoms with Crippen LogP contribution in [-0.4, -0.2) is 5.97 Å². The van der Waals surface area contributed by atoms with Gasteiger partial charge in [0, 0.05) is 6.20 Å². The first kappa shape index (κ1) is 15.7. The molecule has 2 aliphatic rings. The average Bonchev–Trinajstić information content (AvgIpc) is 2.74. The molecule has 0 radical (unpaired) electrons. The maximum Gasteiger partial charge on any atom is 1.00 e. The minimum atomic E-state index is -0.236. The van der Waals surface area contributed by atoms with E-state index in [1.165, 1.54) is 16.3 Å². The van der Waals surface area contributed by atoms with Gasteiger partial charge in [-0.3, -0.25) is 4.79 Å². The number of nitrogens with one attached hydrogen (secondary N) is 1. The van der Waals surface area contributed by atoms with E-state index in [9.17, 15) is 4.79 Å². The normalized spacial score (nSPS) is 17.9. The molecule has 4 rings (SSSR count). The van der Waals surface area contributed by atoms with E-state index in [1.54, 1.807) is 12.3 Å².